The van der Waals surface area contributed by atoms with Gasteiger partial charge >= 0.3 is 4.87 Å². The number of sulfonamides is 1. The Morgan fingerprint density at radius 2 is 1.82 bits per heavy atom. The van der Waals surface area contributed by atoms with Crippen LogP contribution in [0.4, 0.5) is 0 Å². The highest BCUT2D eigenvalue weighted by Crippen LogP contribution is 2.27. The van der Waals surface area contributed by atoms with Crippen LogP contribution in [-0.4, -0.2) is 13.0 Å². The van der Waals surface area contributed by atoms with E-state index in [1.54, 1.807) is 28.8 Å². The van der Waals surface area contributed by atoms with Gasteiger partial charge in [0.2, 0.25) is 10.0 Å². The summed E-state index contributed by atoms with van der Waals surface area (Å²) in [6.45, 7) is 6.29. The van der Waals surface area contributed by atoms with Crippen molar-refractivity contribution < 1.29 is 8.42 Å². The van der Waals surface area contributed by atoms with E-state index in [9.17, 15) is 13.2 Å². The molecule has 0 bridgehead atoms. The Morgan fingerprint density at radius 1 is 1.06 bits per heavy atom. The minimum absolute atomic E-state index is 0.143. The fraction of sp³-hybridized carbons (Fsp3) is 0.240. The Balaban J connectivity index is 1.66. The number of halogens is 1. The van der Waals surface area contributed by atoms with Gasteiger partial charge in [0.15, 0.2) is 0 Å². The standard InChI is InChI=1S/C25H25ClN2O3S2/c1-4-22(20-11-9-16(2)13-17(20)3)27-33(30,31)19-10-12-23-24(14-19)32-25(29)28(23)15-18-7-5-6-8-21(18)26/h5-14,22,27H,4,15H2,1-3H3/t22-/m0/s1. The van der Waals surface area contributed by atoms with Gasteiger partial charge in [-0.05, 0) is 61.2 Å². The second-order valence-electron chi connectivity index (χ2n) is 8.12. The topological polar surface area (TPSA) is 68.2 Å². The molecule has 1 aromatic heterocycles. The molecule has 1 N–H and O–H groups in total. The number of benzene rings is 3. The summed E-state index contributed by atoms with van der Waals surface area (Å²) in [4.78, 5) is 12.6. The van der Waals surface area contributed by atoms with Crippen LogP contribution in [0.25, 0.3) is 10.2 Å². The first-order chi connectivity index (χ1) is 15.7. The van der Waals surface area contributed by atoms with Crippen LogP contribution in [0.1, 0.15) is 41.6 Å². The molecule has 0 fully saturated rings. The van der Waals surface area contributed by atoms with Crippen molar-refractivity contribution >= 4 is 43.2 Å². The molecule has 0 saturated heterocycles. The lowest BCUT2D eigenvalue weighted by atomic mass is 9.98. The predicted molar refractivity (Wildman–Crippen MR) is 136 cm³/mol. The van der Waals surface area contributed by atoms with E-state index in [0.29, 0.717) is 28.2 Å². The summed E-state index contributed by atoms with van der Waals surface area (Å²) >= 11 is 7.29. The number of nitrogens with zero attached hydrogens (tertiary/aromatic N) is 1. The molecule has 0 aliphatic carbocycles. The molecule has 5 nitrogen and oxygen atoms in total. The first kappa shape index (κ1) is 23.7. The number of aryl methyl sites for hydroxylation is 2. The summed E-state index contributed by atoms with van der Waals surface area (Å²) in [6, 6.07) is 17.9. The van der Waals surface area contributed by atoms with Gasteiger partial charge in [-0.15, -0.1) is 0 Å². The molecule has 4 aromatic rings. The van der Waals surface area contributed by atoms with Crippen molar-refractivity contribution in [3.8, 4) is 0 Å². The van der Waals surface area contributed by atoms with E-state index in [1.165, 1.54) is 0 Å². The van der Waals surface area contributed by atoms with E-state index in [-0.39, 0.29) is 15.8 Å². The van der Waals surface area contributed by atoms with Crippen molar-refractivity contribution in [1.29, 1.82) is 0 Å². The first-order valence-electron chi connectivity index (χ1n) is 10.7. The molecule has 4 rings (SSSR count). The van der Waals surface area contributed by atoms with Crippen LogP contribution in [0.3, 0.4) is 0 Å². The summed E-state index contributed by atoms with van der Waals surface area (Å²) in [5.74, 6) is 0. The van der Waals surface area contributed by atoms with E-state index in [0.717, 1.165) is 33.6 Å². The highest BCUT2D eigenvalue weighted by molar-refractivity contribution is 7.89. The quantitative estimate of drug-likeness (QED) is 0.348. The van der Waals surface area contributed by atoms with Crippen LogP contribution in [0.5, 0.6) is 0 Å². The zero-order valence-corrected chi connectivity index (χ0v) is 21.0. The minimum atomic E-state index is -3.78. The maximum atomic E-state index is 13.2. The van der Waals surface area contributed by atoms with Gasteiger partial charge in [0, 0.05) is 11.1 Å². The summed E-state index contributed by atoms with van der Waals surface area (Å²) in [6.07, 6.45) is 0.618. The number of rotatable bonds is 7. The van der Waals surface area contributed by atoms with Crippen molar-refractivity contribution in [1.82, 2.24) is 9.29 Å². The van der Waals surface area contributed by atoms with Crippen LogP contribution >= 0.6 is 22.9 Å². The molecule has 1 heterocycles. The number of fused-ring (bicyclic) bond motifs is 1. The van der Waals surface area contributed by atoms with Crippen molar-refractivity contribution in [3.63, 3.8) is 0 Å². The van der Waals surface area contributed by atoms with E-state index in [4.69, 9.17) is 11.6 Å². The molecule has 3 aromatic carbocycles. The number of aromatic nitrogens is 1. The van der Waals surface area contributed by atoms with Crippen molar-refractivity contribution in [3.05, 3.63) is 97.6 Å². The lowest BCUT2D eigenvalue weighted by Crippen LogP contribution is -2.28. The number of hydrogen-bond donors (Lipinski definition) is 1. The third-order valence-corrected chi connectivity index (χ3v) is 8.52. The highest BCUT2D eigenvalue weighted by atomic mass is 35.5. The molecule has 0 aliphatic heterocycles. The summed E-state index contributed by atoms with van der Waals surface area (Å²) in [7, 11) is -3.78. The van der Waals surface area contributed by atoms with Crippen LogP contribution in [0.2, 0.25) is 5.02 Å². The van der Waals surface area contributed by atoms with E-state index < -0.39 is 10.0 Å². The fourth-order valence-corrected chi connectivity index (χ4v) is 6.52. The van der Waals surface area contributed by atoms with E-state index in [2.05, 4.69) is 10.8 Å². The third-order valence-electron chi connectivity index (χ3n) is 5.74. The summed E-state index contributed by atoms with van der Waals surface area (Å²) in [5, 5.41) is 0.587. The monoisotopic (exact) mass is 500 g/mol. The van der Waals surface area contributed by atoms with Crippen molar-refractivity contribution in [2.45, 2.75) is 44.7 Å². The Hall–Kier alpha value is -2.45. The molecule has 8 heteroatoms. The van der Waals surface area contributed by atoms with Crippen molar-refractivity contribution in [2.75, 3.05) is 0 Å². The number of hydrogen-bond acceptors (Lipinski definition) is 4. The molecular weight excluding hydrogens is 476 g/mol. The van der Waals surface area contributed by atoms with Crippen LogP contribution in [-0.2, 0) is 16.6 Å². The summed E-state index contributed by atoms with van der Waals surface area (Å²) in [5.41, 5.74) is 4.66. The lowest BCUT2D eigenvalue weighted by Gasteiger charge is -2.20. The SMILES string of the molecule is CC[C@H](NS(=O)(=O)c1ccc2c(c1)sc(=O)n2Cc1ccccc1Cl)c1ccc(C)cc1C. The Kier molecular flexibility index (Phi) is 6.77. The summed E-state index contributed by atoms with van der Waals surface area (Å²) < 4.78 is 31.5. The zero-order chi connectivity index (χ0) is 23.8. The van der Waals surface area contributed by atoms with E-state index in [1.807, 2.05) is 51.1 Å². The average Bonchev–Trinajstić information content (AvgIpc) is 3.08. The van der Waals surface area contributed by atoms with Gasteiger partial charge in [-0.1, -0.05) is 71.8 Å². The molecule has 172 valence electrons. The number of thiazole rings is 1. The molecule has 0 radical (unpaired) electrons. The Labute approximate surface area is 202 Å². The fourth-order valence-electron chi connectivity index (χ4n) is 4.00. The van der Waals surface area contributed by atoms with Gasteiger partial charge in [0.25, 0.3) is 0 Å². The number of nitrogens with one attached hydrogen (secondary N) is 1. The maximum absolute atomic E-state index is 13.2. The normalized spacial score (nSPS) is 12.8. The van der Waals surface area contributed by atoms with Gasteiger partial charge in [-0.25, -0.2) is 13.1 Å². The Bertz CT molecular complexity index is 1490. The second kappa shape index (κ2) is 9.43. The van der Waals surface area contributed by atoms with Gasteiger partial charge in [0.1, 0.15) is 0 Å². The molecule has 0 saturated carbocycles. The van der Waals surface area contributed by atoms with Gasteiger partial charge in [-0.2, -0.15) is 0 Å². The average molecular weight is 501 g/mol. The van der Waals surface area contributed by atoms with Crippen LogP contribution in [0, 0.1) is 13.8 Å². The molecule has 0 amide bonds. The maximum Gasteiger partial charge on any atom is 0.308 e. The largest absolute Gasteiger partial charge is 0.308 e. The Morgan fingerprint density at radius 3 is 2.52 bits per heavy atom. The van der Waals surface area contributed by atoms with Crippen LogP contribution < -0.4 is 9.60 Å². The minimum Gasteiger partial charge on any atom is -0.294 e. The second-order valence-corrected chi connectivity index (χ2v) is 11.2. The zero-order valence-electron chi connectivity index (χ0n) is 18.6. The highest BCUT2D eigenvalue weighted by Gasteiger charge is 2.22. The molecule has 1 atom stereocenters. The first-order valence-corrected chi connectivity index (χ1v) is 13.3. The third kappa shape index (κ3) is 4.92. The molecule has 0 spiro atoms. The van der Waals surface area contributed by atoms with Crippen molar-refractivity contribution in [2.24, 2.45) is 0 Å². The molecule has 33 heavy (non-hydrogen) atoms. The predicted octanol–water partition coefficient (Wildman–Crippen LogP) is 5.81. The molecule has 0 aliphatic rings. The molecule has 0 unspecified atom stereocenters. The molecular formula is C25H25ClN2O3S2. The lowest BCUT2D eigenvalue weighted by molar-refractivity contribution is 0.549. The van der Waals surface area contributed by atoms with E-state index >= 15 is 0 Å². The van der Waals surface area contributed by atoms with Gasteiger partial charge < -0.3 is 0 Å². The van der Waals surface area contributed by atoms with Gasteiger partial charge in [-0.3, -0.25) is 9.36 Å². The van der Waals surface area contributed by atoms with Crippen LogP contribution in [0.15, 0.2) is 70.4 Å². The smallest absolute Gasteiger partial charge is 0.294 e. The van der Waals surface area contributed by atoms with Gasteiger partial charge in [0.05, 0.1) is 21.7 Å².